The summed E-state index contributed by atoms with van der Waals surface area (Å²) in [4.78, 5) is 37.6. The molecule has 2 aromatic carbocycles. The van der Waals surface area contributed by atoms with Crippen molar-refractivity contribution in [3.8, 4) is 0 Å². The number of nitrogens with one attached hydrogen (secondary N) is 2. The summed E-state index contributed by atoms with van der Waals surface area (Å²) in [6.45, 7) is 0.779. The van der Waals surface area contributed by atoms with E-state index in [1.54, 1.807) is 30.3 Å². The molecule has 1 saturated heterocycles. The Morgan fingerprint density at radius 3 is 2.41 bits per heavy atom. The minimum atomic E-state index is -1.74. The number of carbonyl (C=O) groups is 3. The number of hydrogen-bond donors (Lipinski definition) is 2. The molecule has 1 heterocycles. The molecule has 0 spiro atoms. The van der Waals surface area contributed by atoms with E-state index in [1.165, 1.54) is 6.92 Å². The molecule has 0 aromatic heterocycles. The van der Waals surface area contributed by atoms with Gasteiger partial charge in [-0.3, -0.25) is 14.5 Å². The molecule has 140 valence electrons. The summed E-state index contributed by atoms with van der Waals surface area (Å²) in [7, 11) is 0. The van der Waals surface area contributed by atoms with E-state index >= 15 is 0 Å². The first kappa shape index (κ1) is 18.4. The van der Waals surface area contributed by atoms with Crippen molar-refractivity contribution in [3.05, 3.63) is 65.5 Å². The van der Waals surface area contributed by atoms with Crippen molar-refractivity contribution in [3.63, 3.8) is 0 Å². The minimum Gasteiger partial charge on any atom is -0.322 e. The van der Waals surface area contributed by atoms with Gasteiger partial charge in [-0.25, -0.2) is 18.0 Å². The van der Waals surface area contributed by atoms with Crippen molar-refractivity contribution in [2.24, 2.45) is 0 Å². The van der Waals surface area contributed by atoms with Crippen LogP contribution < -0.4 is 10.6 Å². The highest BCUT2D eigenvalue weighted by atomic mass is 19.2. The number of rotatable bonds is 4. The quantitative estimate of drug-likeness (QED) is 0.635. The average molecular weight is 377 g/mol. The Kier molecular flexibility index (Phi) is 4.61. The summed E-state index contributed by atoms with van der Waals surface area (Å²) in [6.07, 6.45) is 0. The summed E-state index contributed by atoms with van der Waals surface area (Å²) >= 11 is 0. The lowest BCUT2D eigenvalue weighted by Crippen LogP contribution is -2.42. The lowest BCUT2D eigenvalue weighted by Gasteiger charge is -2.22. The molecule has 3 rings (SSSR count). The van der Waals surface area contributed by atoms with Crippen molar-refractivity contribution in [2.75, 3.05) is 11.9 Å². The van der Waals surface area contributed by atoms with Crippen LogP contribution in [0.15, 0.2) is 42.5 Å². The zero-order chi connectivity index (χ0) is 19.8. The van der Waals surface area contributed by atoms with Crippen LogP contribution >= 0.6 is 0 Å². The molecule has 0 saturated carbocycles. The summed E-state index contributed by atoms with van der Waals surface area (Å²) in [5, 5.41) is 4.54. The minimum absolute atomic E-state index is 0.526. The van der Waals surface area contributed by atoms with Crippen molar-refractivity contribution in [1.29, 1.82) is 0 Å². The fourth-order valence-electron chi connectivity index (χ4n) is 2.76. The van der Waals surface area contributed by atoms with Crippen LogP contribution in [0.1, 0.15) is 12.5 Å². The first-order valence-corrected chi connectivity index (χ1v) is 7.87. The smallest absolute Gasteiger partial charge is 0.322 e. The molecule has 9 heteroatoms. The SMILES string of the molecule is C[C@@]1(c2ccccc2)NC(=O)N(CC(=O)Nc2ccc(F)c(F)c2F)C1=O. The molecular formula is C18H14F3N3O3. The molecule has 0 bridgehead atoms. The van der Waals surface area contributed by atoms with Crippen LogP contribution in [-0.4, -0.2) is 29.3 Å². The average Bonchev–Trinajstić information content (AvgIpc) is 2.87. The first-order valence-electron chi connectivity index (χ1n) is 7.87. The Hall–Kier alpha value is -3.36. The fraction of sp³-hybridized carbons (Fsp3) is 0.167. The van der Waals surface area contributed by atoms with Crippen LogP contribution in [0.4, 0.5) is 23.7 Å². The van der Waals surface area contributed by atoms with E-state index in [9.17, 15) is 27.6 Å². The number of halogens is 3. The van der Waals surface area contributed by atoms with Gasteiger partial charge in [-0.2, -0.15) is 0 Å². The number of carbonyl (C=O) groups excluding carboxylic acids is 3. The van der Waals surface area contributed by atoms with Crippen LogP contribution in [0.5, 0.6) is 0 Å². The van der Waals surface area contributed by atoms with Crippen LogP contribution in [0.25, 0.3) is 0 Å². The Morgan fingerprint density at radius 2 is 1.74 bits per heavy atom. The number of urea groups is 1. The molecular weight excluding hydrogens is 363 g/mol. The summed E-state index contributed by atoms with van der Waals surface area (Å²) in [5.74, 6) is -6.33. The van der Waals surface area contributed by atoms with E-state index in [2.05, 4.69) is 5.32 Å². The van der Waals surface area contributed by atoms with E-state index in [0.29, 0.717) is 16.5 Å². The Morgan fingerprint density at radius 1 is 1.07 bits per heavy atom. The second-order valence-electron chi connectivity index (χ2n) is 6.08. The fourth-order valence-corrected chi connectivity index (χ4v) is 2.76. The molecule has 1 aliphatic rings. The van der Waals surface area contributed by atoms with E-state index in [1.807, 2.05) is 5.32 Å². The predicted octanol–water partition coefficient (Wildman–Crippen LogP) is 2.51. The topological polar surface area (TPSA) is 78.5 Å². The van der Waals surface area contributed by atoms with Gasteiger partial charge in [0.15, 0.2) is 17.5 Å². The van der Waals surface area contributed by atoms with Gasteiger partial charge >= 0.3 is 6.03 Å². The second-order valence-corrected chi connectivity index (χ2v) is 6.08. The number of imide groups is 1. The van der Waals surface area contributed by atoms with Gasteiger partial charge in [-0.1, -0.05) is 30.3 Å². The molecule has 1 fully saturated rings. The van der Waals surface area contributed by atoms with E-state index < -0.39 is 53.1 Å². The Bertz CT molecular complexity index is 936. The second kappa shape index (κ2) is 6.75. The largest absolute Gasteiger partial charge is 0.325 e. The molecule has 2 N–H and O–H groups in total. The number of hydrogen-bond acceptors (Lipinski definition) is 3. The zero-order valence-electron chi connectivity index (χ0n) is 14.1. The summed E-state index contributed by atoms with van der Waals surface area (Å²) < 4.78 is 39.8. The number of nitrogens with zero attached hydrogens (tertiary/aromatic N) is 1. The van der Waals surface area contributed by atoms with Gasteiger partial charge in [0, 0.05) is 0 Å². The Labute approximate surface area is 152 Å². The van der Waals surface area contributed by atoms with Gasteiger partial charge < -0.3 is 10.6 Å². The van der Waals surface area contributed by atoms with Crippen molar-refractivity contribution >= 4 is 23.5 Å². The molecule has 4 amide bonds. The molecule has 0 radical (unpaired) electrons. The summed E-state index contributed by atoms with van der Waals surface area (Å²) in [6, 6.07) is 9.13. The summed E-state index contributed by atoms with van der Waals surface area (Å²) in [5.41, 5.74) is -1.43. The maximum absolute atomic E-state index is 13.6. The lowest BCUT2D eigenvalue weighted by molar-refractivity contribution is -0.133. The van der Waals surface area contributed by atoms with Crippen molar-refractivity contribution < 1.29 is 27.6 Å². The first-order chi connectivity index (χ1) is 12.7. The maximum Gasteiger partial charge on any atom is 0.325 e. The molecule has 27 heavy (non-hydrogen) atoms. The highest BCUT2D eigenvalue weighted by Gasteiger charge is 2.49. The molecule has 1 atom stereocenters. The van der Waals surface area contributed by atoms with Gasteiger partial charge in [0.1, 0.15) is 12.1 Å². The third kappa shape index (κ3) is 3.23. The van der Waals surface area contributed by atoms with Crippen LogP contribution in [0.2, 0.25) is 0 Å². The number of benzene rings is 2. The number of amides is 4. The molecule has 1 aliphatic heterocycles. The van der Waals surface area contributed by atoms with E-state index in [0.717, 1.165) is 6.07 Å². The highest BCUT2D eigenvalue weighted by Crippen LogP contribution is 2.28. The maximum atomic E-state index is 13.6. The third-order valence-corrected chi connectivity index (χ3v) is 4.24. The Balaban J connectivity index is 1.76. The third-order valence-electron chi connectivity index (χ3n) is 4.24. The molecule has 6 nitrogen and oxygen atoms in total. The number of anilines is 1. The van der Waals surface area contributed by atoms with E-state index in [-0.39, 0.29) is 0 Å². The van der Waals surface area contributed by atoms with Gasteiger partial charge in [0.2, 0.25) is 5.91 Å². The van der Waals surface area contributed by atoms with Crippen LogP contribution in [0, 0.1) is 17.5 Å². The van der Waals surface area contributed by atoms with Gasteiger partial charge in [-0.15, -0.1) is 0 Å². The highest BCUT2D eigenvalue weighted by molar-refractivity contribution is 6.10. The zero-order valence-corrected chi connectivity index (χ0v) is 14.1. The van der Waals surface area contributed by atoms with Gasteiger partial charge in [0.05, 0.1) is 5.69 Å². The van der Waals surface area contributed by atoms with Crippen molar-refractivity contribution in [2.45, 2.75) is 12.5 Å². The van der Waals surface area contributed by atoms with Gasteiger partial charge in [-0.05, 0) is 24.6 Å². The molecule has 0 aliphatic carbocycles. The van der Waals surface area contributed by atoms with E-state index in [4.69, 9.17) is 0 Å². The monoisotopic (exact) mass is 377 g/mol. The van der Waals surface area contributed by atoms with Crippen molar-refractivity contribution in [1.82, 2.24) is 10.2 Å². The van der Waals surface area contributed by atoms with Crippen LogP contribution in [0.3, 0.4) is 0 Å². The molecule has 2 aromatic rings. The molecule has 0 unspecified atom stereocenters. The van der Waals surface area contributed by atoms with Crippen LogP contribution in [-0.2, 0) is 15.1 Å². The lowest BCUT2D eigenvalue weighted by atomic mass is 9.92. The standard InChI is InChI=1S/C18H14F3N3O3/c1-18(10-5-3-2-4-6-10)16(26)24(17(27)23-18)9-13(25)22-12-8-7-11(19)14(20)15(12)21/h2-8H,9H2,1H3,(H,22,25)(H,23,27)/t18-/m0/s1. The predicted molar refractivity (Wildman–Crippen MR) is 89.0 cm³/mol. The van der Waals surface area contributed by atoms with Gasteiger partial charge in [0.25, 0.3) is 5.91 Å². The normalized spacial score (nSPS) is 19.2.